The number of aliphatic hydroxyl groups is 1. The van der Waals surface area contributed by atoms with Crippen LogP contribution in [0, 0.1) is 5.92 Å². The maximum Gasteiger partial charge on any atom is 0.408 e. The topological polar surface area (TPSA) is 162 Å². The van der Waals surface area contributed by atoms with E-state index in [1.165, 1.54) is 4.90 Å². The van der Waals surface area contributed by atoms with E-state index in [1.807, 2.05) is 30.3 Å². The van der Waals surface area contributed by atoms with Crippen LogP contribution in [0.1, 0.15) is 62.5 Å². The number of nitrogens with one attached hydrogen (secondary N) is 2. The first kappa shape index (κ1) is 35.3. The molecule has 1 unspecified atom stereocenters. The number of carbonyl (C=O) groups is 3. The summed E-state index contributed by atoms with van der Waals surface area (Å²) >= 11 is 5.99. The number of carbonyl (C=O) groups excluding carboxylic acids is 3. The Morgan fingerprint density at radius 3 is 2.36 bits per heavy atom. The smallest absolute Gasteiger partial charge is 0.408 e. The molecule has 3 amide bonds. The van der Waals surface area contributed by atoms with Crippen molar-refractivity contribution in [3.8, 4) is 0 Å². The lowest BCUT2D eigenvalue weighted by Gasteiger charge is -2.29. The summed E-state index contributed by atoms with van der Waals surface area (Å²) in [5.41, 5.74) is -0.684. The first-order valence-corrected chi connectivity index (χ1v) is 16.7. The maximum atomic E-state index is 13.5. The van der Waals surface area contributed by atoms with Gasteiger partial charge in [0.1, 0.15) is 12.6 Å². The normalized spacial score (nSPS) is 15.9. The highest BCUT2D eigenvalue weighted by molar-refractivity contribution is 7.86. The van der Waals surface area contributed by atoms with Crippen LogP contribution in [-0.4, -0.2) is 72.0 Å². The molecular weight excluding hydrogens is 610 g/mol. The van der Waals surface area contributed by atoms with E-state index in [2.05, 4.69) is 10.6 Å². The zero-order valence-electron chi connectivity index (χ0n) is 24.9. The quantitative estimate of drug-likeness (QED) is 0.209. The van der Waals surface area contributed by atoms with Gasteiger partial charge in [0.05, 0.1) is 6.04 Å². The fourth-order valence-corrected chi connectivity index (χ4v) is 6.09. The Bertz CT molecular complexity index is 1340. The lowest BCUT2D eigenvalue weighted by Crippen LogP contribution is -2.54. The highest BCUT2D eigenvalue weighted by Gasteiger charge is 2.35. The summed E-state index contributed by atoms with van der Waals surface area (Å²) in [6.07, 6.45) is 4.34. The number of alkyl carbamates (subject to hydrolysis) is 1. The number of likely N-dealkylation sites (N-methyl/N-ethyl adjacent to an activating group) is 1. The molecular formula is C31H42ClN3O8S. The zero-order chi connectivity index (χ0) is 32.1. The predicted molar refractivity (Wildman–Crippen MR) is 166 cm³/mol. The molecule has 1 fully saturated rings. The van der Waals surface area contributed by atoms with Gasteiger partial charge in [-0.05, 0) is 48.4 Å². The summed E-state index contributed by atoms with van der Waals surface area (Å²) in [6.45, 7) is 0.319. The van der Waals surface area contributed by atoms with Crippen LogP contribution in [-0.2, 0) is 37.5 Å². The van der Waals surface area contributed by atoms with Gasteiger partial charge in [-0.3, -0.25) is 14.1 Å². The molecule has 1 aliphatic rings. The van der Waals surface area contributed by atoms with E-state index < -0.39 is 39.6 Å². The van der Waals surface area contributed by atoms with Gasteiger partial charge in [-0.1, -0.05) is 86.2 Å². The fourth-order valence-electron chi connectivity index (χ4n) is 5.26. The predicted octanol–water partition coefficient (Wildman–Crippen LogP) is 4.08. The standard InChI is InChI=1S/C31H42ClN3O8S/c1-35(18-17-22-9-4-2-5-10-22)28(36)16-15-26(30(38)44(40,41)42)33-29(37)27(20-23-11-6-3-7-12-23)34-31(39)43-21-24-13-8-14-25(32)19-24/h2,4-5,8-10,13-14,19,23,26-27,30,38H,3,6-7,11-12,15-18,20-21H2,1H3,(H,33,37)(H,34,39)(H,40,41,42)/t26-,27-,30?/m1/s1. The van der Waals surface area contributed by atoms with Crippen LogP contribution in [0.3, 0.4) is 0 Å². The molecule has 2 aromatic carbocycles. The Balaban J connectivity index is 1.65. The Morgan fingerprint density at radius 2 is 1.70 bits per heavy atom. The molecule has 2 aromatic rings. The van der Waals surface area contributed by atoms with Crippen molar-refractivity contribution in [2.24, 2.45) is 5.92 Å². The van der Waals surface area contributed by atoms with Crippen molar-refractivity contribution in [3.63, 3.8) is 0 Å². The Hall–Kier alpha value is -3.19. The maximum absolute atomic E-state index is 13.5. The number of benzene rings is 2. The second-order valence-corrected chi connectivity index (χ2v) is 13.2. The van der Waals surface area contributed by atoms with E-state index >= 15 is 0 Å². The molecule has 0 bridgehead atoms. The van der Waals surface area contributed by atoms with Crippen LogP contribution >= 0.6 is 11.6 Å². The number of nitrogens with zero attached hydrogens (tertiary/aromatic N) is 1. The van der Waals surface area contributed by atoms with Gasteiger partial charge in [0.15, 0.2) is 0 Å². The van der Waals surface area contributed by atoms with E-state index in [9.17, 15) is 32.5 Å². The first-order chi connectivity index (χ1) is 20.9. The molecule has 242 valence electrons. The van der Waals surface area contributed by atoms with E-state index in [-0.39, 0.29) is 37.7 Å². The van der Waals surface area contributed by atoms with E-state index in [0.29, 0.717) is 23.6 Å². The molecule has 1 saturated carbocycles. The Morgan fingerprint density at radius 1 is 1.02 bits per heavy atom. The number of hydrogen-bond acceptors (Lipinski definition) is 7. The highest BCUT2D eigenvalue weighted by Crippen LogP contribution is 2.27. The molecule has 0 spiro atoms. The summed E-state index contributed by atoms with van der Waals surface area (Å²) in [4.78, 5) is 40.5. The number of rotatable bonds is 15. The van der Waals surface area contributed by atoms with Gasteiger partial charge in [0.2, 0.25) is 17.3 Å². The van der Waals surface area contributed by atoms with E-state index in [0.717, 1.165) is 37.7 Å². The van der Waals surface area contributed by atoms with Gasteiger partial charge >= 0.3 is 6.09 Å². The second kappa shape index (κ2) is 17.3. The Labute approximate surface area is 264 Å². The average molecular weight is 652 g/mol. The first-order valence-electron chi connectivity index (χ1n) is 14.8. The number of ether oxygens (including phenoxy) is 1. The molecule has 13 heteroatoms. The number of amides is 3. The van der Waals surface area contributed by atoms with Gasteiger partial charge in [-0.25, -0.2) is 4.79 Å². The third-order valence-electron chi connectivity index (χ3n) is 7.81. The molecule has 0 aromatic heterocycles. The largest absolute Gasteiger partial charge is 0.445 e. The van der Waals surface area contributed by atoms with Crippen LogP contribution in [0.15, 0.2) is 54.6 Å². The highest BCUT2D eigenvalue weighted by atomic mass is 35.5. The van der Waals surface area contributed by atoms with Crippen molar-refractivity contribution in [3.05, 3.63) is 70.7 Å². The van der Waals surface area contributed by atoms with E-state index in [4.69, 9.17) is 16.3 Å². The van der Waals surface area contributed by atoms with Crippen LogP contribution in [0.5, 0.6) is 0 Å². The molecule has 0 radical (unpaired) electrons. The summed E-state index contributed by atoms with van der Waals surface area (Å²) in [5, 5.41) is 15.9. The fraction of sp³-hybridized carbons (Fsp3) is 0.516. The average Bonchev–Trinajstić information content (AvgIpc) is 3.00. The molecule has 4 N–H and O–H groups in total. The third-order valence-corrected chi connectivity index (χ3v) is 8.99. The van der Waals surface area contributed by atoms with Crippen molar-refractivity contribution < 1.29 is 37.2 Å². The minimum atomic E-state index is -4.99. The van der Waals surface area contributed by atoms with Crippen molar-refractivity contribution >= 4 is 39.6 Å². The summed E-state index contributed by atoms with van der Waals surface area (Å²) in [7, 11) is -3.38. The summed E-state index contributed by atoms with van der Waals surface area (Å²) in [6, 6.07) is 13.7. The zero-order valence-corrected chi connectivity index (χ0v) is 26.4. The molecule has 44 heavy (non-hydrogen) atoms. The minimum absolute atomic E-state index is 0.0891. The van der Waals surface area contributed by atoms with Crippen molar-refractivity contribution in [2.45, 2.75) is 81.9 Å². The molecule has 11 nitrogen and oxygen atoms in total. The van der Waals surface area contributed by atoms with E-state index in [1.54, 1.807) is 31.3 Å². The molecule has 1 aliphatic carbocycles. The van der Waals surface area contributed by atoms with Gasteiger partial charge in [0.25, 0.3) is 10.1 Å². The molecule has 0 saturated heterocycles. The summed E-state index contributed by atoms with van der Waals surface area (Å²) < 4.78 is 38.6. The Kier molecular flexibility index (Phi) is 13.9. The lowest BCUT2D eigenvalue weighted by atomic mass is 9.84. The third kappa shape index (κ3) is 12.1. The SMILES string of the molecule is CN(CCc1ccccc1)C(=O)CC[C@@H](NC(=O)[C@@H](CC1CCCCC1)NC(=O)OCc1cccc(Cl)c1)C(O)S(=O)(=O)O. The minimum Gasteiger partial charge on any atom is -0.445 e. The number of aliphatic hydroxyl groups excluding tert-OH is 1. The molecule has 3 rings (SSSR count). The van der Waals surface area contributed by atoms with Gasteiger partial charge in [0, 0.05) is 25.0 Å². The van der Waals surface area contributed by atoms with Crippen LogP contribution in [0.25, 0.3) is 0 Å². The molecule has 0 aliphatic heterocycles. The number of hydrogen-bond donors (Lipinski definition) is 4. The molecule has 0 heterocycles. The van der Waals surface area contributed by atoms with Gasteiger partial charge in [-0.15, -0.1) is 0 Å². The van der Waals surface area contributed by atoms with Crippen molar-refractivity contribution in [2.75, 3.05) is 13.6 Å². The second-order valence-electron chi connectivity index (χ2n) is 11.3. The van der Waals surface area contributed by atoms with Crippen molar-refractivity contribution in [1.82, 2.24) is 15.5 Å². The monoisotopic (exact) mass is 651 g/mol. The summed E-state index contributed by atoms with van der Waals surface area (Å²) in [5.74, 6) is -0.949. The van der Waals surface area contributed by atoms with Gasteiger partial charge in [-0.2, -0.15) is 8.42 Å². The van der Waals surface area contributed by atoms with Crippen molar-refractivity contribution in [1.29, 1.82) is 0 Å². The lowest BCUT2D eigenvalue weighted by molar-refractivity contribution is -0.131. The molecule has 3 atom stereocenters. The van der Waals surface area contributed by atoms with Crippen LogP contribution in [0.2, 0.25) is 5.02 Å². The number of halogens is 1. The van der Waals surface area contributed by atoms with Crippen LogP contribution in [0.4, 0.5) is 4.79 Å². The van der Waals surface area contributed by atoms with Crippen LogP contribution < -0.4 is 10.6 Å². The van der Waals surface area contributed by atoms with Gasteiger partial charge < -0.3 is 25.4 Å².